The van der Waals surface area contributed by atoms with Crippen LogP contribution in [0.15, 0.2) is 35.7 Å². The molecule has 0 fully saturated rings. The number of phenolic OH excluding ortho intramolecular Hbond substituents is 1. The number of hydrogen-bond acceptors (Lipinski definition) is 6. The summed E-state index contributed by atoms with van der Waals surface area (Å²) in [6.45, 7) is 0. The molecule has 0 atom stereocenters. The van der Waals surface area contributed by atoms with E-state index in [4.69, 9.17) is 0 Å². The van der Waals surface area contributed by atoms with Gasteiger partial charge in [0.1, 0.15) is 5.75 Å². The molecule has 0 radical (unpaired) electrons. The molecule has 100 valence electrons. The van der Waals surface area contributed by atoms with Crippen LogP contribution >= 0.6 is 11.3 Å². The van der Waals surface area contributed by atoms with Crippen LogP contribution in [-0.2, 0) is 0 Å². The second-order valence-corrected chi connectivity index (χ2v) is 4.89. The monoisotopic (exact) mass is 288 g/mol. The highest BCUT2D eigenvalue weighted by atomic mass is 32.1. The first-order chi connectivity index (χ1) is 9.65. The summed E-state index contributed by atoms with van der Waals surface area (Å²) in [6.07, 6.45) is 0. The summed E-state index contributed by atoms with van der Waals surface area (Å²) in [5.41, 5.74) is 0.0959. The number of aromatic amines is 1. The fraction of sp³-hybridized carbons (Fsp3) is 0. The Labute approximate surface area is 116 Å². The van der Waals surface area contributed by atoms with Crippen LogP contribution in [0.5, 0.6) is 5.75 Å². The highest BCUT2D eigenvalue weighted by Gasteiger charge is 2.16. The number of phenols is 1. The van der Waals surface area contributed by atoms with E-state index in [1.807, 2.05) is 17.5 Å². The Balaban J connectivity index is 2.05. The van der Waals surface area contributed by atoms with Crippen LogP contribution < -0.4 is 0 Å². The third-order valence-electron chi connectivity index (χ3n) is 2.67. The first kappa shape index (κ1) is 12.3. The van der Waals surface area contributed by atoms with Crippen LogP contribution in [0.25, 0.3) is 22.1 Å². The fourth-order valence-corrected chi connectivity index (χ4v) is 2.39. The van der Waals surface area contributed by atoms with E-state index in [2.05, 4.69) is 15.2 Å². The van der Waals surface area contributed by atoms with Crippen LogP contribution in [0.1, 0.15) is 0 Å². The lowest BCUT2D eigenvalue weighted by Gasteiger charge is -1.99. The Morgan fingerprint density at radius 3 is 2.90 bits per heavy atom. The molecule has 0 spiro atoms. The predicted molar refractivity (Wildman–Crippen MR) is 73.5 cm³/mol. The van der Waals surface area contributed by atoms with Crippen molar-refractivity contribution in [3.63, 3.8) is 0 Å². The number of nitrogens with one attached hydrogen (secondary N) is 1. The molecule has 8 heteroatoms. The van der Waals surface area contributed by atoms with E-state index < -0.39 is 4.92 Å². The molecule has 0 aliphatic carbocycles. The zero-order chi connectivity index (χ0) is 14.1. The molecule has 0 amide bonds. The molecule has 7 nitrogen and oxygen atoms in total. The maximum absolute atomic E-state index is 10.8. The Morgan fingerprint density at radius 2 is 2.20 bits per heavy atom. The van der Waals surface area contributed by atoms with E-state index in [-0.39, 0.29) is 22.8 Å². The lowest BCUT2D eigenvalue weighted by molar-refractivity contribution is -0.384. The molecular weight excluding hydrogens is 280 g/mol. The zero-order valence-electron chi connectivity index (χ0n) is 9.98. The van der Waals surface area contributed by atoms with Crippen molar-refractivity contribution in [3.8, 4) is 27.8 Å². The second-order valence-electron chi connectivity index (χ2n) is 3.94. The van der Waals surface area contributed by atoms with Gasteiger partial charge in [-0.1, -0.05) is 6.07 Å². The predicted octanol–water partition coefficient (Wildman–Crippen LogP) is 2.81. The smallest absolute Gasteiger partial charge is 0.270 e. The van der Waals surface area contributed by atoms with Crippen molar-refractivity contribution >= 4 is 17.0 Å². The van der Waals surface area contributed by atoms with E-state index in [0.717, 1.165) is 4.88 Å². The SMILES string of the molecule is O=[N+]([O-])c1ccc(O)c(-c2n[nH]c(-c3cccs3)n2)c1. The number of nitro benzene ring substituents is 1. The highest BCUT2D eigenvalue weighted by Crippen LogP contribution is 2.31. The summed E-state index contributed by atoms with van der Waals surface area (Å²) in [5.74, 6) is 0.669. The molecule has 20 heavy (non-hydrogen) atoms. The average Bonchev–Trinajstić information content (AvgIpc) is 3.10. The molecule has 0 bridgehead atoms. The van der Waals surface area contributed by atoms with E-state index in [1.54, 1.807) is 0 Å². The first-order valence-electron chi connectivity index (χ1n) is 5.59. The molecule has 2 aromatic heterocycles. The average molecular weight is 288 g/mol. The maximum Gasteiger partial charge on any atom is 0.270 e. The van der Waals surface area contributed by atoms with Crippen LogP contribution in [0.4, 0.5) is 5.69 Å². The molecule has 0 saturated carbocycles. The summed E-state index contributed by atoms with van der Waals surface area (Å²) >= 11 is 1.49. The van der Waals surface area contributed by atoms with E-state index >= 15 is 0 Å². The van der Waals surface area contributed by atoms with Gasteiger partial charge in [-0.05, 0) is 17.5 Å². The van der Waals surface area contributed by atoms with Crippen molar-refractivity contribution < 1.29 is 10.0 Å². The summed E-state index contributed by atoms with van der Waals surface area (Å²) in [4.78, 5) is 15.4. The summed E-state index contributed by atoms with van der Waals surface area (Å²) in [7, 11) is 0. The number of rotatable bonds is 3. The van der Waals surface area contributed by atoms with Gasteiger partial charge in [0.2, 0.25) is 0 Å². The molecule has 3 rings (SSSR count). The molecule has 2 heterocycles. The number of aromatic nitrogens is 3. The summed E-state index contributed by atoms with van der Waals surface area (Å²) in [5, 5.41) is 29.2. The van der Waals surface area contributed by atoms with Crippen molar-refractivity contribution in [2.45, 2.75) is 0 Å². The number of hydrogen-bond donors (Lipinski definition) is 2. The Hall–Kier alpha value is -2.74. The number of aromatic hydroxyl groups is 1. The van der Waals surface area contributed by atoms with E-state index in [1.165, 1.54) is 29.5 Å². The minimum atomic E-state index is -0.532. The van der Waals surface area contributed by atoms with Crippen molar-refractivity contribution in [2.24, 2.45) is 0 Å². The summed E-state index contributed by atoms with van der Waals surface area (Å²) < 4.78 is 0. The van der Waals surface area contributed by atoms with Crippen LogP contribution in [0, 0.1) is 10.1 Å². The number of non-ortho nitro benzene ring substituents is 1. The quantitative estimate of drug-likeness (QED) is 0.569. The number of H-pyrrole nitrogens is 1. The first-order valence-corrected chi connectivity index (χ1v) is 6.47. The van der Waals surface area contributed by atoms with Crippen LogP contribution in [0.2, 0.25) is 0 Å². The molecular formula is C12H8N4O3S. The normalized spacial score (nSPS) is 10.6. The molecule has 0 aliphatic heterocycles. The van der Waals surface area contributed by atoms with E-state index in [9.17, 15) is 15.2 Å². The largest absolute Gasteiger partial charge is 0.507 e. The van der Waals surface area contributed by atoms with Gasteiger partial charge in [-0.25, -0.2) is 4.98 Å². The minimum Gasteiger partial charge on any atom is -0.507 e. The lowest BCUT2D eigenvalue weighted by atomic mass is 10.1. The zero-order valence-corrected chi connectivity index (χ0v) is 10.8. The van der Waals surface area contributed by atoms with Gasteiger partial charge in [0.15, 0.2) is 11.6 Å². The van der Waals surface area contributed by atoms with Gasteiger partial charge in [-0.15, -0.1) is 11.3 Å². The number of nitro groups is 1. The number of benzene rings is 1. The third-order valence-corrected chi connectivity index (χ3v) is 3.55. The molecule has 2 N–H and O–H groups in total. The number of thiophene rings is 1. The van der Waals surface area contributed by atoms with Gasteiger partial charge >= 0.3 is 0 Å². The highest BCUT2D eigenvalue weighted by molar-refractivity contribution is 7.13. The topological polar surface area (TPSA) is 105 Å². The van der Waals surface area contributed by atoms with Crippen molar-refractivity contribution in [1.29, 1.82) is 0 Å². The number of nitrogens with zero attached hydrogens (tertiary/aromatic N) is 3. The third kappa shape index (κ3) is 2.12. The maximum atomic E-state index is 10.8. The van der Waals surface area contributed by atoms with Crippen molar-refractivity contribution in [1.82, 2.24) is 15.2 Å². The van der Waals surface area contributed by atoms with Gasteiger partial charge in [0.25, 0.3) is 5.69 Å². The standard InChI is InChI=1S/C12H8N4O3S/c17-9-4-3-7(16(18)19)6-8(9)11-13-12(15-14-11)10-2-1-5-20-10/h1-6,17H,(H,13,14,15). The van der Waals surface area contributed by atoms with Gasteiger partial charge in [0.05, 0.1) is 15.4 Å². The molecule has 0 saturated heterocycles. The van der Waals surface area contributed by atoms with Gasteiger partial charge in [-0.2, -0.15) is 5.10 Å². The molecule has 0 unspecified atom stereocenters. The molecule has 1 aromatic carbocycles. The van der Waals surface area contributed by atoms with E-state index in [0.29, 0.717) is 5.82 Å². The lowest BCUT2D eigenvalue weighted by Crippen LogP contribution is -1.89. The fourth-order valence-electron chi connectivity index (χ4n) is 1.72. The molecule has 3 aromatic rings. The van der Waals surface area contributed by atoms with Crippen LogP contribution in [0.3, 0.4) is 0 Å². The van der Waals surface area contributed by atoms with Crippen molar-refractivity contribution in [2.75, 3.05) is 0 Å². The minimum absolute atomic E-state index is 0.104. The van der Waals surface area contributed by atoms with Gasteiger partial charge in [-0.3, -0.25) is 15.2 Å². The Kier molecular flexibility index (Phi) is 2.92. The van der Waals surface area contributed by atoms with Gasteiger partial charge < -0.3 is 5.11 Å². The molecule has 0 aliphatic rings. The summed E-state index contributed by atoms with van der Waals surface area (Å²) in [6, 6.07) is 7.49. The second kappa shape index (κ2) is 4.74. The Morgan fingerprint density at radius 1 is 1.35 bits per heavy atom. The van der Waals surface area contributed by atoms with Crippen LogP contribution in [-0.4, -0.2) is 25.2 Å². The van der Waals surface area contributed by atoms with Crippen molar-refractivity contribution in [3.05, 3.63) is 45.8 Å². The Bertz CT molecular complexity index is 767. The van der Waals surface area contributed by atoms with Gasteiger partial charge in [0, 0.05) is 12.1 Å².